The van der Waals surface area contributed by atoms with Gasteiger partial charge in [-0.3, -0.25) is 14.6 Å². The first-order valence-electron chi connectivity index (χ1n) is 11.6. The van der Waals surface area contributed by atoms with Gasteiger partial charge in [0.2, 0.25) is 0 Å². The third kappa shape index (κ3) is 12.3. The lowest BCUT2D eigenvalue weighted by Crippen LogP contribution is -2.25. The summed E-state index contributed by atoms with van der Waals surface area (Å²) in [6.07, 6.45) is 13.7. The fourth-order valence-corrected chi connectivity index (χ4v) is 3.58. The summed E-state index contributed by atoms with van der Waals surface area (Å²) < 4.78 is 0. The van der Waals surface area contributed by atoms with E-state index < -0.39 is 11.4 Å². The molecule has 4 heteroatoms. The number of carbonyl (C=O) groups is 2. The number of nitrogens with zero attached hydrogens (tertiary/aromatic N) is 1. The smallest absolute Gasteiger partial charge is 0.303 e. The van der Waals surface area contributed by atoms with Crippen LogP contribution in [0.15, 0.2) is 41.6 Å². The second kappa shape index (κ2) is 14.0. The molecule has 0 aliphatic carbocycles. The van der Waals surface area contributed by atoms with E-state index in [1.165, 1.54) is 11.1 Å². The highest BCUT2D eigenvalue weighted by atomic mass is 16.4. The summed E-state index contributed by atoms with van der Waals surface area (Å²) in [5, 5.41) is 8.84. The minimum Gasteiger partial charge on any atom is -0.481 e. The first-order valence-corrected chi connectivity index (χ1v) is 11.6. The van der Waals surface area contributed by atoms with Gasteiger partial charge in [-0.25, -0.2) is 0 Å². The van der Waals surface area contributed by atoms with E-state index >= 15 is 0 Å². The number of allylic oxidation sites excluding steroid dienone is 3. The zero-order valence-electron chi connectivity index (χ0n) is 20.1. The second-order valence-corrected chi connectivity index (χ2v) is 9.57. The fraction of sp³-hybridized carbons (Fsp3) is 0.593. The Balaban J connectivity index is 2.25. The molecule has 0 bridgehead atoms. The minimum absolute atomic E-state index is 0.0539. The average molecular weight is 428 g/mol. The van der Waals surface area contributed by atoms with Crippen LogP contribution in [0, 0.1) is 11.3 Å². The zero-order valence-corrected chi connectivity index (χ0v) is 20.1. The number of Topliss-reactive ketones (excluding diaryl/α,β-unsaturated/α-hetero) is 1. The zero-order chi connectivity index (χ0) is 23.3. The van der Waals surface area contributed by atoms with E-state index in [1.54, 1.807) is 0 Å². The van der Waals surface area contributed by atoms with Gasteiger partial charge in [0.1, 0.15) is 5.78 Å². The number of pyridine rings is 1. The SMILES string of the molecule is C/C(=C\c1ccccn1)CC/C=C(\C)CCCC(C)CCC(=O)C(C)(C)CCC(=O)O. The third-order valence-corrected chi connectivity index (χ3v) is 5.96. The minimum atomic E-state index is -0.836. The lowest BCUT2D eigenvalue weighted by molar-refractivity contribution is -0.138. The van der Waals surface area contributed by atoms with Gasteiger partial charge in [0.05, 0.1) is 5.69 Å². The van der Waals surface area contributed by atoms with Gasteiger partial charge in [0.15, 0.2) is 0 Å². The van der Waals surface area contributed by atoms with Crippen molar-refractivity contribution < 1.29 is 14.7 Å². The van der Waals surface area contributed by atoms with E-state index in [0.717, 1.165) is 44.2 Å². The van der Waals surface area contributed by atoms with Gasteiger partial charge in [-0.1, -0.05) is 50.5 Å². The number of aromatic nitrogens is 1. The van der Waals surface area contributed by atoms with E-state index in [4.69, 9.17) is 5.11 Å². The van der Waals surface area contributed by atoms with E-state index in [1.807, 2.05) is 38.2 Å². The Kier molecular flexibility index (Phi) is 12.1. The quantitative estimate of drug-likeness (QED) is 0.299. The van der Waals surface area contributed by atoms with Crippen molar-refractivity contribution in [1.29, 1.82) is 0 Å². The van der Waals surface area contributed by atoms with Crippen molar-refractivity contribution in [3.05, 3.63) is 47.3 Å². The van der Waals surface area contributed by atoms with E-state index in [-0.39, 0.29) is 12.2 Å². The van der Waals surface area contributed by atoms with Crippen molar-refractivity contribution in [2.75, 3.05) is 0 Å². The molecule has 1 heterocycles. The Hall–Kier alpha value is -2.23. The number of carbonyl (C=O) groups excluding carboxylic acids is 1. The lowest BCUT2D eigenvalue weighted by atomic mass is 9.80. The maximum absolute atomic E-state index is 12.4. The van der Waals surface area contributed by atoms with Gasteiger partial charge < -0.3 is 5.11 Å². The molecule has 1 N–H and O–H groups in total. The van der Waals surface area contributed by atoms with E-state index in [0.29, 0.717) is 18.8 Å². The van der Waals surface area contributed by atoms with Crippen molar-refractivity contribution in [3.63, 3.8) is 0 Å². The molecule has 172 valence electrons. The van der Waals surface area contributed by atoms with Crippen LogP contribution in [0.1, 0.15) is 98.1 Å². The molecule has 0 aliphatic heterocycles. The highest BCUT2D eigenvalue weighted by Crippen LogP contribution is 2.27. The highest BCUT2D eigenvalue weighted by Gasteiger charge is 2.27. The average Bonchev–Trinajstić information content (AvgIpc) is 2.71. The molecule has 0 fully saturated rings. The largest absolute Gasteiger partial charge is 0.481 e. The lowest BCUT2D eigenvalue weighted by Gasteiger charge is -2.23. The molecule has 31 heavy (non-hydrogen) atoms. The van der Waals surface area contributed by atoms with Gasteiger partial charge >= 0.3 is 5.97 Å². The van der Waals surface area contributed by atoms with Gasteiger partial charge in [-0.2, -0.15) is 0 Å². The molecule has 4 nitrogen and oxygen atoms in total. The number of aliphatic carboxylic acids is 1. The highest BCUT2D eigenvalue weighted by molar-refractivity contribution is 5.84. The monoisotopic (exact) mass is 427 g/mol. The summed E-state index contributed by atoms with van der Waals surface area (Å²) in [7, 11) is 0. The van der Waals surface area contributed by atoms with Crippen LogP contribution in [0.2, 0.25) is 0 Å². The molecule has 1 rings (SSSR count). The Morgan fingerprint density at radius 3 is 2.45 bits per heavy atom. The first kappa shape index (κ1) is 26.8. The van der Waals surface area contributed by atoms with Gasteiger partial charge in [0, 0.05) is 24.5 Å². The normalized spacial score (nSPS) is 13.8. The maximum Gasteiger partial charge on any atom is 0.303 e. The van der Waals surface area contributed by atoms with Crippen molar-refractivity contribution in [2.24, 2.45) is 11.3 Å². The number of carboxylic acid groups (broad SMARTS) is 1. The Morgan fingerprint density at radius 2 is 1.81 bits per heavy atom. The molecule has 1 unspecified atom stereocenters. The molecular weight excluding hydrogens is 386 g/mol. The van der Waals surface area contributed by atoms with Crippen molar-refractivity contribution in [2.45, 2.75) is 92.4 Å². The van der Waals surface area contributed by atoms with Crippen molar-refractivity contribution >= 4 is 17.8 Å². The van der Waals surface area contributed by atoms with Crippen LogP contribution in [-0.2, 0) is 9.59 Å². The second-order valence-electron chi connectivity index (χ2n) is 9.57. The fourth-order valence-electron chi connectivity index (χ4n) is 3.58. The predicted octanol–water partition coefficient (Wildman–Crippen LogP) is 7.26. The molecule has 1 aromatic rings. The predicted molar refractivity (Wildman–Crippen MR) is 129 cm³/mol. The molecule has 0 amide bonds. The van der Waals surface area contributed by atoms with Crippen LogP contribution in [0.5, 0.6) is 0 Å². The van der Waals surface area contributed by atoms with Crippen LogP contribution in [0.4, 0.5) is 0 Å². The van der Waals surface area contributed by atoms with Crippen molar-refractivity contribution in [1.82, 2.24) is 4.98 Å². The summed E-state index contributed by atoms with van der Waals surface area (Å²) in [6, 6.07) is 5.96. The molecule has 0 aromatic carbocycles. The van der Waals surface area contributed by atoms with E-state index in [9.17, 15) is 9.59 Å². The number of rotatable bonds is 15. The molecule has 0 spiro atoms. The summed E-state index contributed by atoms with van der Waals surface area (Å²) in [6.45, 7) is 10.3. The summed E-state index contributed by atoms with van der Waals surface area (Å²) in [5.41, 5.74) is 3.25. The summed E-state index contributed by atoms with van der Waals surface area (Å²) >= 11 is 0. The molecule has 0 saturated carbocycles. The molecule has 0 saturated heterocycles. The Morgan fingerprint density at radius 1 is 1.06 bits per heavy atom. The number of ketones is 1. The number of hydrogen-bond donors (Lipinski definition) is 1. The third-order valence-electron chi connectivity index (χ3n) is 5.96. The molecular formula is C27H41NO3. The molecule has 0 radical (unpaired) electrons. The van der Waals surface area contributed by atoms with Gasteiger partial charge in [0.25, 0.3) is 0 Å². The van der Waals surface area contributed by atoms with Crippen LogP contribution >= 0.6 is 0 Å². The van der Waals surface area contributed by atoms with Gasteiger partial charge in [-0.15, -0.1) is 0 Å². The van der Waals surface area contributed by atoms with Crippen LogP contribution in [0.25, 0.3) is 6.08 Å². The molecule has 1 atom stereocenters. The maximum atomic E-state index is 12.4. The Labute approximate surface area is 188 Å². The first-order chi connectivity index (χ1) is 14.6. The topological polar surface area (TPSA) is 67.3 Å². The molecule has 1 aromatic heterocycles. The van der Waals surface area contributed by atoms with E-state index in [2.05, 4.69) is 37.9 Å². The van der Waals surface area contributed by atoms with Crippen LogP contribution in [0.3, 0.4) is 0 Å². The van der Waals surface area contributed by atoms with Crippen LogP contribution in [-0.4, -0.2) is 21.8 Å². The Bertz CT molecular complexity index is 747. The molecule has 0 aliphatic rings. The number of carboxylic acids is 1. The summed E-state index contributed by atoms with van der Waals surface area (Å²) in [5.74, 6) is -0.140. The van der Waals surface area contributed by atoms with Gasteiger partial charge in [-0.05, 0) is 76.5 Å². The van der Waals surface area contributed by atoms with Crippen molar-refractivity contribution in [3.8, 4) is 0 Å². The summed E-state index contributed by atoms with van der Waals surface area (Å²) in [4.78, 5) is 27.5. The number of hydrogen-bond acceptors (Lipinski definition) is 3. The standard InChI is InChI=1S/C27H41NO3/c1-21(11-9-13-23(3)20-24-14-6-7-19-28-24)10-8-12-22(2)15-16-25(29)27(4,5)18-17-26(30)31/h6-7,11,14,19-20,22H,8-10,12-13,15-18H2,1-5H3,(H,30,31)/b21-11+,23-20+. The van der Waals surface area contributed by atoms with Crippen LogP contribution < -0.4 is 0 Å².